The number of fused-ring (bicyclic) bond motifs is 1. The summed E-state index contributed by atoms with van der Waals surface area (Å²) in [5.41, 5.74) is 1.08. The molecule has 0 radical (unpaired) electrons. The molecule has 0 aliphatic carbocycles. The van der Waals surface area contributed by atoms with Crippen LogP contribution in [-0.2, 0) is 10.0 Å². The van der Waals surface area contributed by atoms with Gasteiger partial charge in [0.2, 0.25) is 10.0 Å². The second-order valence-electron chi connectivity index (χ2n) is 5.90. The van der Waals surface area contributed by atoms with Crippen LogP contribution in [0.1, 0.15) is 28.2 Å². The summed E-state index contributed by atoms with van der Waals surface area (Å²) in [4.78, 5) is 14.3. The summed E-state index contributed by atoms with van der Waals surface area (Å²) < 4.78 is 30.1. The second kappa shape index (κ2) is 4.81. The molecule has 21 heavy (non-hydrogen) atoms. The molecule has 0 unspecified atom stereocenters. The standard InChI is InChI=1S/C13H19N3O4S/c1-8-12(9(2)20-14-8)13(17)15-6-10-4-5-16(11(10)7-15)21(3,18)19/h10-11H,4-7H2,1-3H3/t10-,11+/m1/s1. The Morgan fingerprint density at radius 2 is 2.05 bits per heavy atom. The maximum absolute atomic E-state index is 12.6. The van der Waals surface area contributed by atoms with Crippen LogP contribution in [0, 0.1) is 19.8 Å². The molecular weight excluding hydrogens is 294 g/mol. The van der Waals surface area contributed by atoms with Crippen LogP contribution in [0.5, 0.6) is 0 Å². The van der Waals surface area contributed by atoms with Gasteiger partial charge in [0, 0.05) is 25.7 Å². The van der Waals surface area contributed by atoms with Crippen LogP contribution in [0.15, 0.2) is 4.52 Å². The largest absolute Gasteiger partial charge is 0.361 e. The Hall–Kier alpha value is -1.41. The van der Waals surface area contributed by atoms with E-state index in [1.807, 2.05) is 0 Å². The highest BCUT2D eigenvalue weighted by atomic mass is 32.2. The Kier molecular flexibility index (Phi) is 3.32. The minimum atomic E-state index is -3.21. The summed E-state index contributed by atoms with van der Waals surface area (Å²) in [6, 6.07) is -0.0931. The summed E-state index contributed by atoms with van der Waals surface area (Å²) in [7, 11) is -3.21. The zero-order valence-corrected chi connectivity index (χ0v) is 13.2. The molecule has 2 saturated heterocycles. The van der Waals surface area contributed by atoms with Crippen molar-refractivity contribution in [2.45, 2.75) is 26.3 Å². The molecule has 7 nitrogen and oxygen atoms in total. The molecule has 3 rings (SSSR count). The highest BCUT2D eigenvalue weighted by Gasteiger charge is 2.46. The Bertz CT molecular complexity index is 662. The van der Waals surface area contributed by atoms with E-state index < -0.39 is 10.0 Å². The van der Waals surface area contributed by atoms with Gasteiger partial charge in [-0.3, -0.25) is 4.79 Å². The van der Waals surface area contributed by atoms with Gasteiger partial charge < -0.3 is 9.42 Å². The van der Waals surface area contributed by atoms with Crippen molar-refractivity contribution in [2.24, 2.45) is 5.92 Å². The lowest BCUT2D eigenvalue weighted by atomic mass is 10.1. The number of likely N-dealkylation sites (tertiary alicyclic amines) is 1. The molecule has 0 spiro atoms. The third kappa shape index (κ3) is 2.36. The lowest BCUT2D eigenvalue weighted by Crippen LogP contribution is -2.40. The molecule has 2 aliphatic rings. The van der Waals surface area contributed by atoms with Crippen molar-refractivity contribution in [1.29, 1.82) is 0 Å². The molecular formula is C13H19N3O4S. The van der Waals surface area contributed by atoms with Crippen LogP contribution in [-0.4, -0.2) is 60.6 Å². The van der Waals surface area contributed by atoms with Gasteiger partial charge in [0.25, 0.3) is 5.91 Å². The summed E-state index contributed by atoms with van der Waals surface area (Å²) in [6.45, 7) is 5.05. The van der Waals surface area contributed by atoms with Gasteiger partial charge in [-0.15, -0.1) is 0 Å². The summed E-state index contributed by atoms with van der Waals surface area (Å²) >= 11 is 0. The predicted molar refractivity (Wildman–Crippen MR) is 75.3 cm³/mol. The molecule has 1 aromatic rings. The first kappa shape index (κ1) is 14.5. The van der Waals surface area contributed by atoms with E-state index in [1.165, 1.54) is 10.6 Å². The average molecular weight is 313 g/mol. The number of hydrogen-bond acceptors (Lipinski definition) is 5. The number of carbonyl (C=O) groups is 1. The van der Waals surface area contributed by atoms with Crippen LogP contribution in [0.4, 0.5) is 0 Å². The fourth-order valence-electron chi connectivity index (χ4n) is 3.45. The Balaban J connectivity index is 1.81. The molecule has 0 aromatic carbocycles. The van der Waals surface area contributed by atoms with Gasteiger partial charge in [-0.1, -0.05) is 5.16 Å². The van der Waals surface area contributed by atoms with Crippen molar-refractivity contribution < 1.29 is 17.7 Å². The molecule has 3 heterocycles. The van der Waals surface area contributed by atoms with Gasteiger partial charge in [-0.2, -0.15) is 4.31 Å². The van der Waals surface area contributed by atoms with Crippen LogP contribution < -0.4 is 0 Å². The molecule has 2 fully saturated rings. The molecule has 2 aliphatic heterocycles. The van der Waals surface area contributed by atoms with Crippen molar-refractivity contribution in [2.75, 3.05) is 25.9 Å². The number of hydrogen-bond donors (Lipinski definition) is 0. The van der Waals surface area contributed by atoms with Gasteiger partial charge in [-0.25, -0.2) is 8.42 Å². The average Bonchev–Trinajstić information content (AvgIpc) is 3.01. The van der Waals surface area contributed by atoms with E-state index in [-0.39, 0.29) is 17.9 Å². The first-order chi connectivity index (χ1) is 9.79. The quantitative estimate of drug-likeness (QED) is 0.789. The highest BCUT2D eigenvalue weighted by molar-refractivity contribution is 7.88. The second-order valence-corrected chi connectivity index (χ2v) is 7.83. The van der Waals surface area contributed by atoms with Crippen molar-refractivity contribution in [3.63, 3.8) is 0 Å². The lowest BCUT2D eigenvalue weighted by molar-refractivity contribution is 0.0776. The third-order valence-electron chi connectivity index (χ3n) is 4.46. The predicted octanol–water partition coefficient (Wildman–Crippen LogP) is 0.397. The monoisotopic (exact) mass is 313 g/mol. The Morgan fingerprint density at radius 1 is 1.33 bits per heavy atom. The molecule has 8 heteroatoms. The van der Waals surface area contributed by atoms with Gasteiger partial charge in [0.15, 0.2) is 0 Å². The topological polar surface area (TPSA) is 83.7 Å². The number of rotatable bonds is 2. The molecule has 0 saturated carbocycles. The van der Waals surface area contributed by atoms with Crippen LogP contribution >= 0.6 is 0 Å². The van der Waals surface area contributed by atoms with Gasteiger partial charge in [0.05, 0.1) is 11.9 Å². The number of carbonyl (C=O) groups excluding carboxylic acids is 1. The van der Waals surface area contributed by atoms with Crippen molar-refractivity contribution in [1.82, 2.24) is 14.4 Å². The SMILES string of the molecule is Cc1noc(C)c1C(=O)N1C[C@H]2CCN(S(C)(=O)=O)[C@H]2C1. The van der Waals surface area contributed by atoms with Crippen LogP contribution in [0.3, 0.4) is 0 Å². The third-order valence-corrected chi connectivity index (χ3v) is 5.76. The molecule has 1 amide bonds. The van der Waals surface area contributed by atoms with Gasteiger partial charge >= 0.3 is 0 Å². The fourth-order valence-corrected chi connectivity index (χ4v) is 4.61. The number of aromatic nitrogens is 1. The van der Waals surface area contributed by atoms with Crippen molar-refractivity contribution >= 4 is 15.9 Å². The lowest BCUT2D eigenvalue weighted by Gasteiger charge is -2.22. The maximum Gasteiger partial charge on any atom is 0.259 e. The molecule has 1 aromatic heterocycles. The van der Waals surface area contributed by atoms with E-state index >= 15 is 0 Å². The van der Waals surface area contributed by atoms with Crippen molar-refractivity contribution in [3.05, 3.63) is 17.0 Å². The first-order valence-electron chi connectivity index (χ1n) is 6.98. The van der Waals surface area contributed by atoms with Gasteiger partial charge in [0.1, 0.15) is 11.3 Å². The summed E-state index contributed by atoms with van der Waals surface area (Å²) in [5.74, 6) is 0.618. The minimum absolute atomic E-state index is 0.0931. The number of aryl methyl sites for hydroxylation is 2. The van der Waals surface area contributed by atoms with Gasteiger partial charge in [-0.05, 0) is 26.2 Å². The minimum Gasteiger partial charge on any atom is -0.361 e. The van der Waals surface area contributed by atoms with E-state index in [2.05, 4.69) is 5.16 Å². The molecule has 2 atom stereocenters. The summed E-state index contributed by atoms with van der Waals surface area (Å²) in [5, 5.41) is 3.81. The van der Waals surface area contributed by atoms with Crippen LogP contribution in [0.25, 0.3) is 0 Å². The van der Waals surface area contributed by atoms with E-state index in [4.69, 9.17) is 4.52 Å². The summed E-state index contributed by atoms with van der Waals surface area (Å²) in [6.07, 6.45) is 2.04. The van der Waals surface area contributed by atoms with E-state index in [0.29, 0.717) is 36.7 Å². The normalized spacial score (nSPS) is 26.3. The molecule has 116 valence electrons. The van der Waals surface area contributed by atoms with Crippen LogP contribution in [0.2, 0.25) is 0 Å². The zero-order valence-electron chi connectivity index (χ0n) is 12.4. The Labute approximate surface area is 123 Å². The van der Waals surface area contributed by atoms with Crippen molar-refractivity contribution in [3.8, 4) is 0 Å². The Morgan fingerprint density at radius 3 is 2.62 bits per heavy atom. The zero-order chi connectivity index (χ0) is 15.4. The first-order valence-corrected chi connectivity index (χ1v) is 8.83. The smallest absolute Gasteiger partial charge is 0.259 e. The van der Waals surface area contributed by atoms with E-state index in [1.54, 1.807) is 18.7 Å². The number of nitrogens with zero attached hydrogens (tertiary/aromatic N) is 3. The van der Waals surface area contributed by atoms with E-state index in [9.17, 15) is 13.2 Å². The van der Waals surface area contributed by atoms with E-state index in [0.717, 1.165) is 6.42 Å². The highest BCUT2D eigenvalue weighted by Crippen LogP contribution is 2.34. The maximum atomic E-state index is 12.6. The molecule has 0 bridgehead atoms. The molecule has 0 N–H and O–H groups in total. The fraction of sp³-hybridized carbons (Fsp3) is 0.692. The number of amides is 1. The number of sulfonamides is 1.